The predicted octanol–water partition coefficient (Wildman–Crippen LogP) is 10.9. The van der Waals surface area contributed by atoms with Crippen molar-refractivity contribution in [2.24, 2.45) is 5.41 Å². The summed E-state index contributed by atoms with van der Waals surface area (Å²) in [6.07, 6.45) is 35.0. The van der Waals surface area contributed by atoms with E-state index < -0.39 is 11.7 Å². The highest BCUT2D eigenvalue weighted by Gasteiger charge is 2.27. The summed E-state index contributed by atoms with van der Waals surface area (Å²) in [5, 5.41) is 20.9. The van der Waals surface area contributed by atoms with Crippen molar-refractivity contribution in [1.29, 1.82) is 0 Å². The SMILES string of the molecule is CC(C)=CCC[C@](C)(O)[C@@H](O)/C=C/C(C)=C/C=C/C(C)=C/C=C/C=C(C)/C=C/C=C(C)/C=C/C1=C(C)CCCC1(C)C. The summed E-state index contributed by atoms with van der Waals surface area (Å²) in [4.78, 5) is 0. The van der Waals surface area contributed by atoms with Crippen LogP contribution in [0.1, 0.15) is 101 Å². The first-order chi connectivity index (χ1) is 19.6. The second kappa shape index (κ2) is 18.6. The third kappa shape index (κ3) is 15.3. The first-order valence-corrected chi connectivity index (χ1v) is 15.5. The Labute approximate surface area is 258 Å². The molecule has 1 rings (SSSR count). The molecule has 2 N–H and O–H groups in total. The van der Waals surface area contributed by atoms with Gasteiger partial charge < -0.3 is 10.2 Å². The van der Waals surface area contributed by atoms with Gasteiger partial charge in [-0.05, 0) is 98.5 Å². The van der Waals surface area contributed by atoms with E-state index in [4.69, 9.17) is 0 Å². The van der Waals surface area contributed by atoms with Gasteiger partial charge in [0.2, 0.25) is 0 Å². The number of aliphatic hydroxyl groups excluding tert-OH is 1. The average molecular weight is 571 g/mol. The third-order valence-corrected chi connectivity index (χ3v) is 7.70. The molecule has 0 aromatic rings. The highest BCUT2D eigenvalue weighted by Crippen LogP contribution is 2.40. The van der Waals surface area contributed by atoms with Crippen LogP contribution in [0.15, 0.2) is 130 Å². The van der Waals surface area contributed by atoms with E-state index in [0.717, 1.165) is 17.6 Å². The molecule has 0 aromatic heterocycles. The lowest BCUT2D eigenvalue weighted by Gasteiger charge is -2.32. The van der Waals surface area contributed by atoms with Crippen molar-refractivity contribution < 1.29 is 10.2 Å². The molecular weight excluding hydrogens is 512 g/mol. The number of allylic oxidation sites excluding steroid dienone is 21. The molecule has 1 aliphatic rings. The lowest BCUT2D eigenvalue weighted by atomic mass is 9.72. The fourth-order valence-corrected chi connectivity index (χ4v) is 4.82. The van der Waals surface area contributed by atoms with E-state index in [9.17, 15) is 10.2 Å². The van der Waals surface area contributed by atoms with Crippen LogP contribution in [0.5, 0.6) is 0 Å². The maximum Gasteiger partial charge on any atom is 0.101 e. The summed E-state index contributed by atoms with van der Waals surface area (Å²) >= 11 is 0. The van der Waals surface area contributed by atoms with Gasteiger partial charge in [0.15, 0.2) is 0 Å². The van der Waals surface area contributed by atoms with E-state index in [0.29, 0.717) is 6.42 Å². The van der Waals surface area contributed by atoms with Crippen LogP contribution < -0.4 is 0 Å². The van der Waals surface area contributed by atoms with E-state index >= 15 is 0 Å². The molecule has 0 heterocycles. The molecule has 0 radical (unpaired) electrons. The molecule has 2 atom stereocenters. The number of aliphatic hydroxyl groups is 2. The fourth-order valence-electron chi connectivity index (χ4n) is 4.82. The number of hydrogen-bond donors (Lipinski definition) is 2. The van der Waals surface area contributed by atoms with Crippen molar-refractivity contribution in [2.45, 2.75) is 113 Å². The summed E-state index contributed by atoms with van der Waals surface area (Å²) in [6.45, 7) is 21.1. The number of rotatable bonds is 14. The zero-order valence-electron chi connectivity index (χ0n) is 28.2. The summed E-state index contributed by atoms with van der Waals surface area (Å²) in [5.41, 5.74) is 7.95. The fraction of sp³-hybridized carbons (Fsp3) is 0.450. The van der Waals surface area contributed by atoms with Crippen molar-refractivity contribution in [2.75, 3.05) is 0 Å². The smallest absolute Gasteiger partial charge is 0.101 e. The van der Waals surface area contributed by atoms with Gasteiger partial charge in [0, 0.05) is 0 Å². The summed E-state index contributed by atoms with van der Waals surface area (Å²) in [6, 6.07) is 0. The third-order valence-electron chi connectivity index (χ3n) is 7.70. The van der Waals surface area contributed by atoms with Crippen LogP contribution in [0.4, 0.5) is 0 Å². The monoisotopic (exact) mass is 570 g/mol. The molecule has 0 fully saturated rings. The molecule has 0 amide bonds. The topological polar surface area (TPSA) is 40.5 Å². The molecule has 0 saturated heterocycles. The van der Waals surface area contributed by atoms with Gasteiger partial charge in [0.05, 0.1) is 5.60 Å². The minimum Gasteiger partial charge on any atom is -0.387 e. The molecule has 0 bridgehead atoms. The van der Waals surface area contributed by atoms with Crippen LogP contribution in [0, 0.1) is 5.41 Å². The maximum absolute atomic E-state index is 10.5. The Hall–Kier alpha value is -2.94. The molecule has 0 aliphatic heterocycles. The minimum absolute atomic E-state index is 0.273. The predicted molar refractivity (Wildman–Crippen MR) is 186 cm³/mol. The second-order valence-electron chi connectivity index (χ2n) is 13.0. The Kier molecular flexibility index (Phi) is 16.4. The van der Waals surface area contributed by atoms with Crippen LogP contribution in [0.25, 0.3) is 0 Å². The standard InChI is InChI=1S/C40H58O2/c1-31(2)17-15-30-40(10,42)38(41)28-26-35(6)23-14-21-33(4)19-12-11-18-32(3)20-13-22-34(5)25-27-37-36(7)24-16-29-39(37,8)9/h11-14,17-23,25-28,38,41-42H,15-16,24,29-30H2,1-10H3/b12-11+,20-13+,21-14+,27-25+,28-26+,32-18+,33-19+,34-22+,35-23+/t38-,40-/m0/s1. The molecule has 2 nitrogen and oxygen atoms in total. The highest BCUT2D eigenvalue weighted by molar-refractivity contribution is 5.37. The van der Waals surface area contributed by atoms with E-state index in [2.05, 4.69) is 102 Å². The Bertz CT molecular complexity index is 1210. The van der Waals surface area contributed by atoms with E-state index in [-0.39, 0.29) is 5.41 Å². The van der Waals surface area contributed by atoms with Crippen LogP contribution in [0.2, 0.25) is 0 Å². The van der Waals surface area contributed by atoms with Gasteiger partial charge >= 0.3 is 0 Å². The highest BCUT2D eigenvalue weighted by atomic mass is 16.3. The van der Waals surface area contributed by atoms with Gasteiger partial charge in [-0.25, -0.2) is 0 Å². The lowest BCUT2D eigenvalue weighted by Crippen LogP contribution is -2.37. The average Bonchev–Trinajstić information content (AvgIpc) is 2.88. The number of hydrogen-bond acceptors (Lipinski definition) is 2. The molecule has 230 valence electrons. The van der Waals surface area contributed by atoms with Crippen LogP contribution in [-0.2, 0) is 0 Å². The van der Waals surface area contributed by atoms with Crippen LogP contribution in [0.3, 0.4) is 0 Å². The van der Waals surface area contributed by atoms with Gasteiger partial charge in [-0.15, -0.1) is 0 Å². The van der Waals surface area contributed by atoms with Crippen LogP contribution >= 0.6 is 0 Å². The molecule has 2 heteroatoms. The van der Waals surface area contributed by atoms with E-state index in [1.807, 2.05) is 45.1 Å². The molecule has 0 unspecified atom stereocenters. The molecule has 1 aliphatic carbocycles. The Morgan fingerprint density at radius 3 is 1.83 bits per heavy atom. The van der Waals surface area contributed by atoms with Crippen molar-refractivity contribution in [3.05, 3.63) is 130 Å². The normalized spacial score (nSPS) is 20.1. The molecule has 0 aromatic carbocycles. The second-order valence-corrected chi connectivity index (χ2v) is 13.0. The van der Waals surface area contributed by atoms with Crippen molar-refractivity contribution in [3.8, 4) is 0 Å². The first kappa shape index (κ1) is 37.1. The molecule has 0 spiro atoms. The molecule has 0 saturated carbocycles. The first-order valence-electron chi connectivity index (χ1n) is 15.5. The van der Waals surface area contributed by atoms with Gasteiger partial charge in [0.25, 0.3) is 0 Å². The summed E-state index contributed by atoms with van der Waals surface area (Å²) in [7, 11) is 0. The minimum atomic E-state index is -1.15. The summed E-state index contributed by atoms with van der Waals surface area (Å²) in [5.74, 6) is 0. The quantitative estimate of drug-likeness (QED) is 0.161. The van der Waals surface area contributed by atoms with Gasteiger partial charge in [-0.1, -0.05) is 138 Å². The van der Waals surface area contributed by atoms with Gasteiger partial charge in [-0.2, -0.15) is 0 Å². The van der Waals surface area contributed by atoms with Gasteiger partial charge in [0.1, 0.15) is 6.10 Å². The Morgan fingerprint density at radius 1 is 0.810 bits per heavy atom. The zero-order valence-corrected chi connectivity index (χ0v) is 28.2. The van der Waals surface area contributed by atoms with Crippen molar-refractivity contribution >= 4 is 0 Å². The van der Waals surface area contributed by atoms with Crippen molar-refractivity contribution in [1.82, 2.24) is 0 Å². The largest absolute Gasteiger partial charge is 0.387 e. The van der Waals surface area contributed by atoms with Crippen molar-refractivity contribution in [3.63, 3.8) is 0 Å². The lowest BCUT2D eigenvalue weighted by molar-refractivity contribution is -0.0427. The Balaban J connectivity index is 2.62. The van der Waals surface area contributed by atoms with Crippen LogP contribution in [-0.4, -0.2) is 21.9 Å². The van der Waals surface area contributed by atoms with E-state index in [1.165, 1.54) is 47.1 Å². The van der Waals surface area contributed by atoms with Gasteiger partial charge in [-0.3, -0.25) is 0 Å². The molecule has 42 heavy (non-hydrogen) atoms. The molecular formula is C40H58O2. The summed E-state index contributed by atoms with van der Waals surface area (Å²) < 4.78 is 0. The zero-order chi connectivity index (χ0) is 31.8. The van der Waals surface area contributed by atoms with E-state index in [1.54, 1.807) is 13.0 Å². The Morgan fingerprint density at radius 2 is 1.31 bits per heavy atom. The maximum atomic E-state index is 10.5.